The zero-order valence-electron chi connectivity index (χ0n) is 12.4. The summed E-state index contributed by atoms with van der Waals surface area (Å²) in [5, 5.41) is 6.40. The second-order valence-electron chi connectivity index (χ2n) is 4.81. The summed E-state index contributed by atoms with van der Waals surface area (Å²) >= 11 is 1.55. The standard InChI is InChI=1S/C16H18N2O3S2/c19-16(7-6-15-8-10-22-13-15)17-9-11-23(20,21)18-12-14-4-2-1-3-5-14/h1-8,10,13,18H,9,11-12H2,(H,17,19)/b7-6+. The minimum Gasteiger partial charge on any atom is -0.351 e. The van der Waals surface area contributed by atoms with Gasteiger partial charge in [-0.25, -0.2) is 13.1 Å². The third-order valence-corrected chi connectivity index (χ3v) is 5.01. The van der Waals surface area contributed by atoms with E-state index >= 15 is 0 Å². The molecule has 0 unspecified atom stereocenters. The van der Waals surface area contributed by atoms with E-state index in [2.05, 4.69) is 10.0 Å². The largest absolute Gasteiger partial charge is 0.351 e. The van der Waals surface area contributed by atoms with Crippen molar-refractivity contribution in [2.24, 2.45) is 0 Å². The number of hydrogen-bond acceptors (Lipinski definition) is 4. The number of nitrogens with one attached hydrogen (secondary N) is 2. The first kappa shape index (κ1) is 17.4. The van der Waals surface area contributed by atoms with Crippen LogP contribution < -0.4 is 10.0 Å². The van der Waals surface area contributed by atoms with Gasteiger partial charge < -0.3 is 5.32 Å². The van der Waals surface area contributed by atoms with Crippen LogP contribution in [-0.4, -0.2) is 26.6 Å². The second kappa shape index (κ2) is 8.61. The van der Waals surface area contributed by atoms with Crippen LogP contribution in [-0.2, 0) is 21.4 Å². The summed E-state index contributed by atoms with van der Waals surface area (Å²) in [4.78, 5) is 11.6. The summed E-state index contributed by atoms with van der Waals surface area (Å²) in [6, 6.07) is 11.2. The lowest BCUT2D eigenvalue weighted by atomic mass is 10.2. The molecule has 1 aromatic heterocycles. The van der Waals surface area contributed by atoms with E-state index < -0.39 is 10.0 Å². The second-order valence-corrected chi connectivity index (χ2v) is 7.51. The van der Waals surface area contributed by atoms with Gasteiger partial charge in [0.15, 0.2) is 0 Å². The molecule has 7 heteroatoms. The molecule has 1 heterocycles. The summed E-state index contributed by atoms with van der Waals surface area (Å²) in [6.07, 6.45) is 3.08. The van der Waals surface area contributed by atoms with Crippen molar-refractivity contribution in [3.8, 4) is 0 Å². The van der Waals surface area contributed by atoms with Gasteiger partial charge in [-0.1, -0.05) is 30.3 Å². The van der Waals surface area contributed by atoms with E-state index in [4.69, 9.17) is 0 Å². The number of rotatable bonds is 8. The Bertz CT molecular complexity index is 739. The van der Waals surface area contributed by atoms with Gasteiger partial charge in [0.1, 0.15) is 0 Å². The predicted octanol–water partition coefficient (Wildman–Crippen LogP) is 2.00. The van der Waals surface area contributed by atoms with Gasteiger partial charge in [-0.15, -0.1) is 0 Å². The lowest BCUT2D eigenvalue weighted by molar-refractivity contribution is -0.116. The van der Waals surface area contributed by atoms with Crippen LogP contribution in [0.1, 0.15) is 11.1 Å². The van der Waals surface area contributed by atoms with Crippen LogP contribution in [0.2, 0.25) is 0 Å². The van der Waals surface area contributed by atoms with E-state index in [0.717, 1.165) is 11.1 Å². The van der Waals surface area contributed by atoms with Crippen molar-refractivity contribution in [3.05, 3.63) is 64.4 Å². The van der Waals surface area contributed by atoms with Crippen LogP contribution in [0.5, 0.6) is 0 Å². The van der Waals surface area contributed by atoms with Crippen molar-refractivity contribution >= 4 is 33.3 Å². The summed E-state index contributed by atoms with van der Waals surface area (Å²) in [5.74, 6) is -0.466. The monoisotopic (exact) mass is 350 g/mol. The summed E-state index contributed by atoms with van der Waals surface area (Å²) in [7, 11) is -3.42. The van der Waals surface area contributed by atoms with Crippen LogP contribution in [0.4, 0.5) is 0 Å². The predicted molar refractivity (Wildman–Crippen MR) is 93.4 cm³/mol. The molecule has 0 aliphatic rings. The van der Waals surface area contributed by atoms with Gasteiger partial charge in [0.25, 0.3) is 0 Å². The molecule has 0 aliphatic carbocycles. The third-order valence-electron chi connectivity index (χ3n) is 2.98. The highest BCUT2D eigenvalue weighted by molar-refractivity contribution is 7.89. The Morgan fingerprint density at radius 2 is 1.96 bits per heavy atom. The molecule has 122 valence electrons. The van der Waals surface area contributed by atoms with Crippen molar-refractivity contribution in [2.75, 3.05) is 12.3 Å². The fourth-order valence-electron chi connectivity index (χ4n) is 1.77. The van der Waals surface area contributed by atoms with Gasteiger partial charge in [-0.2, -0.15) is 11.3 Å². The zero-order valence-corrected chi connectivity index (χ0v) is 14.1. The maximum absolute atomic E-state index is 11.9. The molecule has 23 heavy (non-hydrogen) atoms. The lowest BCUT2D eigenvalue weighted by Crippen LogP contribution is -2.33. The van der Waals surface area contributed by atoms with Gasteiger partial charge in [0.2, 0.25) is 15.9 Å². The third kappa shape index (κ3) is 6.77. The maximum atomic E-state index is 11.9. The quantitative estimate of drug-likeness (QED) is 0.715. The highest BCUT2D eigenvalue weighted by Gasteiger charge is 2.10. The Kier molecular flexibility index (Phi) is 6.52. The molecule has 1 aromatic carbocycles. The number of carbonyl (C=O) groups excluding carboxylic acids is 1. The Labute approximate surface area is 140 Å². The molecular weight excluding hydrogens is 332 g/mol. The van der Waals surface area contributed by atoms with Crippen LogP contribution in [0, 0.1) is 0 Å². The summed E-state index contributed by atoms with van der Waals surface area (Å²) < 4.78 is 26.2. The Morgan fingerprint density at radius 3 is 2.65 bits per heavy atom. The van der Waals surface area contributed by atoms with Gasteiger partial charge in [-0.05, 0) is 34.0 Å². The summed E-state index contributed by atoms with van der Waals surface area (Å²) in [6.45, 7) is 0.312. The van der Waals surface area contributed by atoms with Crippen LogP contribution >= 0.6 is 11.3 Å². The fourth-order valence-corrected chi connectivity index (χ4v) is 3.30. The zero-order chi connectivity index (χ0) is 16.5. The molecule has 0 fully saturated rings. The molecule has 0 saturated carbocycles. The number of amides is 1. The maximum Gasteiger partial charge on any atom is 0.244 e. The Balaban J connectivity index is 1.71. The molecule has 0 saturated heterocycles. The molecule has 0 radical (unpaired) electrons. The number of thiophene rings is 1. The van der Waals surface area contributed by atoms with E-state index in [9.17, 15) is 13.2 Å². The number of carbonyl (C=O) groups is 1. The van der Waals surface area contributed by atoms with Gasteiger partial charge in [-0.3, -0.25) is 4.79 Å². The number of hydrogen-bond donors (Lipinski definition) is 2. The first-order valence-electron chi connectivity index (χ1n) is 7.04. The van der Waals surface area contributed by atoms with E-state index in [1.54, 1.807) is 17.4 Å². The van der Waals surface area contributed by atoms with Crippen LogP contribution in [0.25, 0.3) is 6.08 Å². The minimum atomic E-state index is -3.42. The van der Waals surface area contributed by atoms with Crippen molar-refractivity contribution in [1.29, 1.82) is 0 Å². The van der Waals surface area contributed by atoms with Crippen molar-refractivity contribution in [1.82, 2.24) is 10.0 Å². The molecule has 0 bridgehead atoms. The molecular formula is C16H18N2O3S2. The molecule has 2 N–H and O–H groups in total. The van der Waals surface area contributed by atoms with E-state index in [1.165, 1.54) is 6.08 Å². The number of sulfonamides is 1. The first-order valence-corrected chi connectivity index (χ1v) is 9.64. The van der Waals surface area contributed by atoms with E-state index in [0.29, 0.717) is 0 Å². The highest BCUT2D eigenvalue weighted by atomic mass is 32.2. The molecule has 1 amide bonds. The first-order chi connectivity index (χ1) is 11.1. The van der Waals surface area contributed by atoms with E-state index in [1.807, 2.05) is 47.2 Å². The molecule has 0 atom stereocenters. The van der Waals surface area contributed by atoms with Gasteiger partial charge in [0.05, 0.1) is 5.75 Å². The average molecular weight is 350 g/mol. The fraction of sp³-hybridized carbons (Fsp3) is 0.188. The SMILES string of the molecule is O=C(/C=C/c1ccsc1)NCCS(=O)(=O)NCc1ccccc1. The lowest BCUT2D eigenvalue weighted by Gasteiger charge is -2.07. The summed E-state index contributed by atoms with van der Waals surface area (Å²) in [5.41, 5.74) is 1.83. The molecule has 5 nitrogen and oxygen atoms in total. The van der Waals surface area contributed by atoms with Crippen LogP contribution in [0.3, 0.4) is 0 Å². The normalized spacial score (nSPS) is 11.7. The Morgan fingerprint density at radius 1 is 1.17 bits per heavy atom. The number of benzene rings is 1. The Hall–Kier alpha value is -1.96. The molecule has 2 aromatic rings. The minimum absolute atomic E-state index is 0.0664. The molecule has 2 rings (SSSR count). The van der Waals surface area contributed by atoms with E-state index in [-0.39, 0.29) is 24.7 Å². The highest BCUT2D eigenvalue weighted by Crippen LogP contribution is 2.07. The molecule has 0 spiro atoms. The smallest absolute Gasteiger partial charge is 0.244 e. The topological polar surface area (TPSA) is 75.3 Å². The molecule has 0 aliphatic heterocycles. The van der Waals surface area contributed by atoms with Crippen molar-refractivity contribution < 1.29 is 13.2 Å². The van der Waals surface area contributed by atoms with Gasteiger partial charge in [0, 0.05) is 19.2 Å². The van der Waals surface area contributed by atoms with Gasteiger partial charge >= 0.3 is 0 Å². The van der Waals surface area contributed by atoms with Crippen LogP contribution in [0.15, 0.2) is 53.2 Å². The van der Waals surface area contributed by atoms with Crippen molar-refractivity contribution in [3.63, 3.8) is 0 Å². The van der Waals surface area contributed by atoms with Crippen molar-refractivity contribution in [2.45, 2.75) is 6.54 Å². The average Bonchev–Trinajstić information content (AvgIpc) is 3.05.